The molecule has 3 aromatic rings. The van der Waals surface area contributed by atoms with E-state index in [1.54, 1.807) is 18.5 Å². The lowest BCUT2D eigenvalue weighted by atomic mass is 10.1. The summed E-state index contributed by atoms with van der Waals surface area (Å²) in [6, 6.07) is 8.76. The first-order valence-corrected chi connectivity index (χ1v) is 6.87. The van der Waals surface area contributed by atoms with E-state index in [2.05, 4.69) is 30.9 Å². The molecule has 0 aliphatic heterocycles. The van der Waals surface area contributed by atoms with Crippen LogP contribution in [-0.2, 0) is 0 Å². The molecule has 2 heterocycles. The van der Waals surface area contributed by atoms with E-state index in [1.807, 2.05) is 25.1 Å². The lowest BCUT2D eigenvalue weighted by Crippen LogP contribution is -1.90. The lowest BCUT2D eigenvalue weighted by Gasteiger charge is -2.03. The first-order valence-electron chi connectivity index (χ1n) is 6.07. The smallest absolute Gasteiger partial charge is 0.140 e. The summed E-state index contributed by atoms with van der Waals surface area (Å²) in [5, 5.41) is 0. The Bertz CT molecular complexity index is 730. The SMILES string of the molecule is Cc1cccc(F)c1-c1ncc(-c2ccc(Br)nc2)[nH]1. The van der Waals surface area contributed by atoms with E-state index >= 15 is 0 Å². The van der Waals surface area contributed by atoms with Gasteiger partial charge in [-0.1, -0.05) is 12.1 Å². The molecule has 2 aromatic heterocycles. The molecule has 3 rings (SSSR count). The largest absolute Gasteiger partial charge is 0.338 e. The van der Waals surface area contributed by atoms with E-state index in [0.717, 1.165) is 21.4 Å². The Morgan fingerprint density at radius 1 is 1.10 bits per heavy atom. The lowest BCUT2D eigenvalue weighted by molar-refractivity contribution is 0.629. The van der Waals surface area contributed by atoms with Crippen LogP contribution in [0.15, 0.2) is 47.3 Å². The van der Waals surface area contributed by atoms with Gasteiger partial charge in [-0.25, -0.2) is 14.4 Å². The maximum atomic E-state index is 13.9. The minimum Gasteiger partial charge on any atom is -0.338 e. The van der Waals surface area contributed by atoms with Crippen LogP contribution in [0.3, 0.4) is 0 Å². The van der Waals surface area contributed by atoms with Gasteiger partial charge in [-0.2, -0.15) is 0 Å². The van der Waals surface area contributed by atoms with Crippen LogP contribution in [0.4, 0.5) is 4.39 Å². The van der Waals surface area contributed by atoms with Gasteiger partial charge in [0.2, 0.25) is 0 Å². The number of hydrogen-bond acceptors (Lipinski definition) is 2. The number of imidazole rings is 1. The van der Waals surface area contributed by atoms with Crippen molar-refractivity contribution in [3.05, 3.63) is 58.7 Å². The third-order valence-electron chi connectivity index (χ3n) is 3.07. The molecule has 0 spiro atoms. The summed E-state index contributed by atoms with van der Waals surface area (Å²) in [5.41, 5.74) is 3.06. The van der Waals surface area contributed by atoms with Gasteiger partial charge in [0.25, 0.3) is 0 Å². The van der Waals surface area contributed by atoms with E-state index < -0.39 is 0 Å². The number of aromatic nitrogens is 3. The number of hydrogen-bond donors (Lipinski definition) is 1. The normalized spacial score (nSPS) is 10.8. The molecule has 0 bridgehead atoms. The number of aromatic amines is 1. The molecule has 20 heavy (non-hydrogen) atoms. The van der Waals surface area contributed by atoms with Crippen molar-refractivity contribution < 1.29 is 4.39 Å². The first kappa shape index (κ1) is 13.0. The van der Waals surface area contributed by atoms with Crippen LogP contribution in [0.25, 0.3) is 22.6 Å². The van der Waals surface area contributed by atoms with Crippen molar-refractivity contribution in [2.45, 2.75) is 6.92 Å². The number of nitrogens with zero attached hydrogens (tertiary/aromatic N) is 2. The zero-order valence-electron chi connectivity index (χ0n) is 10.7. The molecule has 5 heteroatoms. The summed E-state index contributed by atoms with van der Waals surface area (Å²) >= 11 is 3.29. The second-order valence-electron chi connectivity index (χ2n) is 4.45. The highest BCUT2D eigenvalue weighted by atomic mass is 79.9. The van der Waals surface area contributed by atoms with Gasteiger partial charge in [-0.05, 0) is 46.6 Å². The molecule has 0 amide bonds. The van der Waals surface area contributed by atoms with Crippen molar-refractivity contribution in [1.82, 2.24) is 15.0 Å². The number of rotatable bonds is 2. The Morgan fingerprint density at radius 2 is 1.95 bits per heavy atom. The van der Waals surface area contributed by atoms with E-state index in [0.29, 0.717) is 11.4 Å². The fourth-order valence-electron chi connectivity index (χ4n) is 2.06. The van der Waals surface area contributed by atoms with Gasteiger partial charge in [0.15, 0.2) is 0 Å². The van der Waals surface area contributed by atoms with Gasteiger partial charge in [0.05, 0.1) is 17.5 Å². The van der Waals surface area contributed by atoms with Crippen LogP contribution in [0.2, 0.25) is 0 Å². The molecule has 0 radical (unpaired) electrons. The van der Waals surface area contributed by atoms with Crippen LogP contribution in [0.1, 0.15) is 5.56 Å². The monoisotopic (exact) mass is 331 g/mol. The fourth-order valence-corrected chi connectivity index (χ4v) is 2.30. The molecule has 0 aliphatic carbocycles. The fraction of sp³-hybridized carbons (Fsp3) is 0.0667. The topological polar surface area (TPSA) is 41.6 Å². The molecule has 1 N–H and O–H groups in total. The Morgan fingerprint density at radius 3 is 2.65 bits per heavy atom. The minimum absolute atomic E-state index is 0.278. The van der Waals surface area contributed by atoms with Crippen LogP contribution >= 0.6 is 15.9 Å². The molecular formula is C15H11BrFN3. The summed E-state index contributed by atoms with van der Waals surface area (Å²) in [5.74, 6) is 0.248. The van der Waals surface area contributed by atoms with Crippen LogP contribution in [0.5, 0.6) is 0 Å². The summed E-state index contributed by atoms with van der Waals surface area (Å²) in [6.45, 7) is 1.86. The van der Waals surface area contributed by atoms with E-state index in [1.165, 1.54) is 6.07 Å². The number of nitrogens with one attached hydrogen (secondary N) is 1. The average molecular weight is 332 g/mol. The molecule has 100 valence electrons. The summed E-state index contributed by atoms with van der Waals surface area (Å²) in [4.78, 5) is 11.6. The standard InChI is InChI=1S/C15H11BrFN3/c1-9-3-2-4-11(17)14(9)15-19-8-12(20-15)10-5-6-13(16)18-7-10/h2-8H,1H3,(H,19,20). The highest BCUT2D eigenvalue weighted by molar-refractivity contribution is 9.10. The summed E-state index contributed by atoms with van der Waals surface area (Å²) in [6.07, 6.45) is 3.42. The van der Waals surface area contributed by atoms with Crippen LogP contribution in [0, 0.1) is 12.7 Å². The number of benzene rings is 1. The maximum Gasteiger partial charge on any atom is 0.140 e. The molecular weight excluding hydrogens is 321 g/mol. The highest BCUT2D eigenvalue weighted by Gasteiger charge is 2.12. The Hall–Kier alpha value is -2.01. The van der Waals surface area contributed by atoms with Crippen molar-refractivity contribution >= 4 is 15.9 Å². The van der Waals surface area contributed by atoms with Crippen molar-refractivity contribution in [1.29, 1.82) is 0 Å². The Balaban J connectivity index is 2.04. The van der Waals surface area contributed by atoms with Crippen molar-refractivity contribution in [2.75, 3.05) is 0 Å². The van der Waals surface area contributed by atoms with E-state index in [-0.39, 0.29) is 5.82 Å². The van der Waals surface area contributed by atoms with Gasteiger partial charge >= 0.3 is 0 Å². The maximum absolute atomic E-state index is 13.9. The summed E-state index contributed by atoms with van der Waals surface area (Å²) in [7, 11) is 0. The Labute approximate surface area is 124 Å². The van der Waals surface area contributed by atoms with Crippen molar-refractivity contribution in [3.8, 4) is 22.6 Å². The molecule has 0 saturated carbocycles. The van der Waals surface area contributed by atoms with Gasteiger partial charge < -0.3 is 4.98 Å². The molecule has 1 aromatic carbocycles. The molecule has 0 fully saturated rings. The van der Waals surface area contributed by atoms with E-state index in [9.17, 15) is 4.39 Å². The first-order chi connectivity index (χ1) is 9.65. The quantitative estimate of drug-likeness (QED) is 0.709. The highest BCUT2D eigenvalue weighted by Crippen LogP contribution is 2.26. The number of pyridine rings is 1. The molecule has 0 unspecified atom stereocenters. The predicted octanol–water partition coefficient (Wildman–Crippen LogP) is 4.35. The van der Waals surface area contributed by atoms with Crippen molar-refractivity contribution in [2.24, 2.45) is 0 Å². The van der Waals surface area contributed by atoms with Crippen LogP contribution in [-0.4, -0.2) is 15.0 Å². The molecule has 0 saturated heterocycles. The zero-order chi connectivity index (χ0) is 14.1. The molecule has 3 nitrogen and oxygen atoms in total. The third kappa shape index (κ3) is 2.36. The second-order valence-corrected chi connectivity index (χ2v) is 5.26. The Kier molecular flexibility index (Phi) is 3.36. The van der Waals surface area contributed by atoms with E-state index in [4.69, 9.17) is 0 Å². The molecule has 0 atom stereocenters. The molecule has 0 aliphatic rings. The number of H-pyrrole nitrogens is 1. The van der Waals surface area contributed by atoms with Gasteiger partial charge in [-0.3, -0.25) is 0 Å². The number of aryl methyl sites for hydroxylation is 1. The average Bonchev–Trinajstić information content (AvgIpc) is 2.89. The zero-order valence-corrected chi connectivity index (χ0v) is 12.3. The van der Waals surface area contributed by atoms with Gasteiger partial charge in [-0.15, -0.1) is 0 Å². The third-order valence-corrected chi connectivity index (χ3v) is 3.54. The second kappa shape index (κ2) is 5.17. The van der Waals surface area contributed by atoms with Crippen LogP contribution < -0.4 is 0 Å². The van der Waals surface area contributed by atoms with Crippen molar-refractivity contribution in [3.63, 3.8) is 0 Å². The predicted molar refractivity (Wildman–Crippen MR) is 79.6 cm³/mol. The number of halogens is 2. The van der Waals surface area contributed by atoms with Gasteiger partial charge in [0, 0.05) is 11.8 Å². The summed E-state index contributed by atoms with van der Waals surface area (Å²) < 4.78 is 14.7. The minimum atomic E-state index is -0.278. The van der Waals surface area contributed by atoms with Gasteiger partial charge in [0.1, 0.15) is 16.2 Å².